The second-order valence-electron chi connectivity index (χ2n) is 10.8. The summed E-state index contributed by atoms with van der Waals surface area (Å²) in [6.07, 6.45) is -11.1. The summed E-state index contributed by atoms with van der Waals surface area (Å²) in [6.45, 7) is 3.08. The summed E-state index contributed by atoms with van der Waals surface area (Å²) in [4.78, 5) is 31.5. The number of alkyl halides is 7. The fourth-order valence-electron chi connectivity index (χ4n) is 5.43. The standard InChI is InChI=1S/C29H33ClF6N4O3/c1-19(14-30)37-9-7-24-16-38(15-20-5-3-2-4-6-20)17-25-39(10-8-26(41)40(24)25)27(42)43-18-21-11-22(28(31,32)33)13-23(12-21)29(34,35)36/h2-6,11-13,19,24-25,37H,7-10,14-18H2,1H3/t19?,24-,25+/m0/s1. The minimum absolute atomic E-state index is 0.00263. The molecule has 2 aromatic rings. The zero-order valence-corrected chi connectivity index (χ0v) is 24.2. The summed E-state index contributed by atoms with van der Waals surface area (Å²) < 4.78 is 85.0. The van der Waals surface area contributed by atoms with Gasteiger partial charge in [-0.25, -0.2) is 4.79 Å². The molecule has 0 spiro atoms. The molecule has 7 nitrogen and oxygen atoms in total. The van der Waals surface area contributed by atoms with E-state index in [0.717, 1.165) is 5.56 Å². The lowest BCUT2D eigenvalue weighted by Gasteiger charge is -2.52. The summed E-state index contributed by atoms with van der Waals surface area (Å²) in [5, 5.41) is 3.30. The number of carbonyl (C=O) groups is 2. The van der Waals surface area contributed by atoms with E-state index in [9.17, 15) is 35.9 Å². The summed E-state index contributed by atoms with van der Waals surface area (Å²) in [6, 6.07) is 10.5. The molecule has 43 heavy (non-hydrogen) atoms. The molecule has 4 rings (SSSR count). The smallest absolute Gasteiger partial charge is 0.416 e. The number of fused-ring (bicyclic) bond motifs is 1. The monoisotopic (exact) mass is 634 g/mol. The van der Waals surface area contributed by atoms with E-state index in [1.165, 1.54) is 4.90 Å². The Morgan fingerprint density at radius 1 is 1.02 bits per heavy atom. The molecular formula is C29H33ClF6N4O3. The van der Waals surface area contributed by atoms with Crippen molar-refractivity contribution in [2.45, 2.75) is 63.5 Å². The van der Waals surface area contributed by atoms with Crippen LogP contribution in [0.25, 0.3) is 0 Å². The molecule has 14 heteroatoms. The highest BCUT2D eigenvalue weighted by molar-refractivity contribution is 6.18. The number of rotatable bonds is 9. The minimum atomic E-state index is -5.02. The maximum Gasteiger partial charge on any atom is 0.416 e. The molecule has 236 valence electrons. The molecule has 2 aromatic carbocycles. The summed E-state index contributed by atoms with van der Waals surface area (Å²) >= 11 is 5.91. The Hall–Kier alpha value is -3.03. The first-order valence-electron chi connectivity index (χ1n) is 13.8. The number of halogens is 7. The van der Waals surface area contributed by atoms with Crippen LogP contribution in [0, 0.1) is 0 Å². The molecule has 2 amide bonds. The number of amides is 2. The predicted molar refractivity (Wildman–Crippen MR) is 147 cm³/mol. The van der Waals surface area contributed by atoms with Gasteiger partial charge in [0.25, 0.3) is 0 Å². The van der Waals surface area contributed by atoms with Gasteiger partial charge in [-0.15, -0.1) is 11.6 Å². The van der Waals surface area contributed by atoms with Crippen molar-refractivity contribution < 1.29 is 40.7 Å². The zero-order valence-electron chi connectivity index (χ0n) is 23.4. The van der Waals surface area contributed by atoms with Crippen LogP contribution < -0.4 is 5.32 Å². The van der Waals surface area contributed by atoms with Crippen molar-refractivity contribution in [3.8, 4) is 0 Å². The van der Waals surface area contributed by atoms with Gasteiger partial charge in [0, 0.05) is 50.6 Å². The van der Waals surface area contributed by atoms with Crippen molar-refractivity contribution >= 4 is 23.6 Å². The van der Waals surface area contributed by atoms with E-state index in [0.29, 0.717) is 50.6 Å². The molecule has 0 aliphatic carbocycles. The molecule has 2 saturated heterocycles. The Bertz CT molecular complexity index is 1230. The third-order valence-corrected chi connectivity index (χ3v) is 7.98. The number of ether oxygens (including phenoxy) is 1. The third kappa shape index (κ3) is 8.54. The maximum absolute atomic E-state index is 13.3. The fourth-order valence-corrected chi connectivity index (χ4v) is 5.54. The van der Waals surface area contributed by atoms with Crippen molar-refractivity contribution in [1.29, 1.82) is 0 Å². The zero-order chi connectivity index (χ0) is 31.4. The number of piperazine rings is 1. The van der Waals surface area contributed by atoms with Gasteiger partial charge in [0.05, 0.1) is 11.1 Å². The first kappa shape index (κ1) is 32.9. The Morgan fingerprint density at radius 3 is 2.28 bits per heavy atom. The first-order valence-corrected chi connectivity index (χ1v) is 14.4. The highest BCUT2D eigenvalue weighted by Gasteiger charge is 2.45. The van der Waals surface area contributed by atoms with Crippen molar-refractivity contribution in [2.24, 2.45) is 0 Å². The lowest BCUT2D eigenvalue weighted by molar-refractivity contribution is -0.155. The molecule has 0 bridgehead atoms. The quantitative estimate of drug-likeness (QED) is 0.283. The molecule has 2 aliphatic heterocycles. The van der Waals surface area contributed by atoms with Crippen LogP contribution >= 0.6 is 11.6 Å². The largest absolute Gasteiger partial charge is 0.444 e. The highest BCUT2D eigenvalue weighted by Crippen LogP contribution is 2.36. The van der Waals surface area contributed by atoms with Gasteiger partial charge in [0.15, 0.2) is 0 Å². The average Bonchev–Trinajstić information content (AvgIpc) is 2.95. The van der Waals surface area contributed by atoms with Crippen molar-refractivity contribution in [3.63, 3.8) is 0 Å². The average molecular weight is 635 g/mol. The molecular weight excluding hydrogens is 602 g/mol. The number of nitrogens with one attached hydrogen (secondary N) is 1. The van der Waals surface area contributed by atoms with Crippen LogP contribution in [0.2, 0.25) is 0 Å². The number of hydrogen-bond donors (Lipinski definition) is 1. The van der Waals surface area contributed by atoms with E-state index in [4.69, 9.17) is 16.3 Å². The number of hydrogen-bond acceptors (Lipinski definition) is 5. The van der Waals surface area contributed by atoms with E-state index in [1.807, 2.05) is 37.3 Å². The highest BCUT2D eigenvalue weighted by atomic mass is 35.5. The summed E-state index contributed by atoms with van der Waals surface area (Å²) in [5.74, 6) is 0.267. The number of nitrogens with zero attached hydrogens (tertiary/aromatic N) is 3. The normalized spacial score (nSPS) is 20.6. The molecule has 2 fully saturated rings. The predicted octanol–water partition coefficient (Wildman–Crippen LogP) is 5.71. The lowest BCUT2D eigenvalue weighted by atomic mass is 10.0. The molecule has 1 unspecified atom stereocenters. The second kappa shape index (κ2) is 13.7. The van der Waals surface area contributed by atoms with Gasteiger partial charge >= 0.3 is 18.4 Å². The van der Waals surface area contributed by atoms with Crippen LogP contribution in [-0.2, 0) is 35.0 Å². The van der Waals surface area contributed by atoms with E-state index < -0.39 is 47.9 Å². The maximum atomic E-state index is 13.3. The van der Waals surface area contributed by atoms with Gasteiger partial charge in [-0.2, -0.15) is 26.3 Å². The minimum Gasteiger partial charge on any atom is -0.444 e. The number of carbonyl (C=O) groups excluding carboxylic acids is 2. The molecule has 2 heterocycles. The number of benzene rings is 2. The molecule has 0 aromatic heterocycles. The van der Waals surface area contributed by atoms with Gasteiger partial charge < -0.3 is 15.0 Å². The molecule has 0 radical (unpaired) electrons. The van der Waals surface area contributed by atoms with Gasteiger partial charge in [-0.3, -0.25) is 14.6 Å². The second-order valence-corrected chi connectivity index (χ2v) is 11.1. The lowest BCUT2D eigenvalue weighted by Crippen LogP contribution is -2.69. The van der Waals surface area contributed by atoms with Crippen LogP contribution in [0.15, 0.2) is 48.5 Å². The van der Waals surface area contributed by atoms with Crippen LogP contribution in [0.3, 0.4) is 0 Å². The van der Waals surface area contributed by atoms with E-state index in [2.05, 4.69) is 10.2 Å². The molecule has 3 atom stereocenters. The van der Waals surface area contributed by atoms with Crippen LogP contribution in [0.5, 0.6) is 0 Å². The Labute approximate surface area is 250 Å². The van der Waals surface area contributed by atoms with Crippen LogP contribution in [-0.4, -0.2) is 77.0 Å². The van der Waals surface area contributed by atoms with Crippen LogP contribution in [0.4, 0.5) is 31.1 Å². The van der Waals surface area contributed by atoms with Gasteiger partial charge in [0.2, 0.25) is 5.91 Å². The van der Waals surface area contributed by atoms with E-state index in [-0.39, 0.29) is 37.0 Å². The SMILES string of the molecule is CC(CCl)NCC[C@H]1CN(Cc2ccccc2)C[C@@H]2N(C(=O)OCc3cc(C(F)(F)F)cc(C(F)(F)F)c3)CCC(=O)N12. The summed E-state index contributed by atoms with van der Waals surface area (Å²) in [7, 11) is 0. The third-order valence-electron chi connectivity index (χ3n) is 7.51. The fraction of sp³-hybridized carbons (Fsp3) is 0.517. The van der Waals surface area contributed by atoms with Crippen molar-refractivity contribution in [1.82, 2.24) is 20.0 Å². The Kier molecular flexibility index (Phi) is 10.5. The first-order chi connectivity index (χ1) is 20.3. The van der Waals surface area contributed by atoms with Gasteiger partial charge in [-0.1, -0.05) is 30.3 Å². The summed E-state index contributed by atoms with van der Waals surface area (Å²) in [5.41, 5.74) is -2.41. The Balaban J connectivity index is 1.54. The van der Waals surface area contributed by atoms with E-state index in [1.54, 1.807) is 4.90 Å². The van der Waals surface area contributed by atoms with Crippen molar-refractivity contribution in [2.75, 3.05) is 32.1 Å². The van der Waals surface area contributed by atoms with E-state index >= 15 is 0 Å². The van der Waals surface area contributed by atoms with Gasteiger partial charge in [-0.05, 0) is 49.2 Å². The molecule has 0 saturated carbocycles. The molecule has 2 aliphatic rings. The van der Waals surface area contributed by atoms with Crippen molar-refractivity contribution in [3.05, 3.63) is 70.8 Å². The van der Waals surface area contributed by atoms with Crippen LogP contribution in [0.1, 0.15) is 42.0 Å². The molecule has 1 N–H and O–H groups in total. The topological polar surface area (TPSA) is 65.1 Å². The van der Waals surface area contributed by atoms with Gasteiger partial charge in [0.1, 0.15) is 12.8 Å². The Morgan fingerprint density at radius 2 is 1.67 bits per heavy atom.